The highest BCUT2D eigenvalue weighted by atomic mass is 35.5. The van der Waals surface area contributed by atoms with Gasteiger partial charge in [0, 0.05) is 11.1 Å². The minimum atomic E-state index is -0.578. The molecule has 0 spiro atoms. The highest BCUT2D eigenvalue weighted by Crippen LogP contribution is 2.32. The van der Waals surface area contributed by atoms with Crippen molar-refractivity contribution < 1.29 is 18.7 Å². The highest BCUT2D eigenvalue weighted by Gasteiger charge is 2.24. The fourth-order valence-electron chi connectivity index (χ4n) is 3.07. The molecule has 2 aromatic carbocycles. The van der Waals surface area contributed by atoms with Gasteiger partial charge < -0.3 is 19.8 Å². The number of hydrogen-bond acceptors (Lipinski definition) is 7. The Kier molecular flexibility index (Phi) is 6.81. The summed E-state index contributed by atoms with van der Waals surface area (Å²) >= 11 is 7.56. The molecule has 0 unspecified atom stereocenters. The Hall–Kier alpha value is -3.56. The second kappa shape index (κ2) is 9.93. The molecule has 0 fully saturated rings. The smallest absolute Gasteiger partial charge is 0.293 e. The number of carbonyl (C=O) groups excluding carboxylic acids is 2. The number of nitrogens with one attached hydrogen (secondary N) is 2. The number of aromatic nitrogens is 2. The van der Waals surface area contributed by atoms with Gasteiger partial charge in [0.15, 0.2) is 10.9 Å². The molecule has 8 nitrogen and oxygen atoms in total. The number of ether oxygens (including phenoxy) is 1. The van der Waals surface area contributed by atoms with Gasteiger partial charge in [-0.2, -0.15) is 0 Å². The van der Waals surface area contributed by atoms with Crippen molar-refractivity contribution in [3.8, 4) is 5.75 Å². The summed E-state index contributed by atoms with van der Waals surface area (Å²) in [6.45, 7) is 1.95. The average Bonchev–Trinajstić information content (AvgIpc) is 3.19. The lowest BCUT2D eigenvalue weighted by Gasteiger charge is -2.09. The first-order valence-electron chi connectivity index (χ1n) is 9.93. The minimum Gasteiger partial charge on any atom is -0.497 e. The van der Waals surface area contributed by atoms with E-state index in [9.17, 15) is 9.59 Å². The van der Waals surface area contributed by atoms with E-state index in [2.05, 4.69) is 20.6 Å². The van der Waals surface area contributed by atoms with Crippen LogP contribution in [0.25, 0.3) is 11.0 Å². The maximum atomic E-state index is 13.1. The maximum absolute atomic E-state index is 13.1. The Bertz CT molecular complexity index is 1320. The Morgan fingerprint density at radius 1 is 1.09 bits per heavy atom. The molecule has 0 aliphatic carbocycles. The first-order valence-corrected chi connectivity index (χ1v) is 11.3. The number of amides is 2. The van der Waals surface area contributed by atoms with E-state index in [1.54, 1.807) is 55.6 Å². The maximum Gasteiger partial charge on any atom is 0.293 e. The van der Waals surface area contributed by atoms with Crippen LogP contribution in [0.4, 0.5) is 11.4 Å². The molecule has 10 heteroatoms. The van der Waals surface area contributed by atoms with Crippen molar-refractivity contribution in [2.45, 2.75) is 12.1 Å². The zero-order valence-electron chi connectivity index (χ0n) is 17.7. The van der Waals surface area contributed by atoms with Gasteiger partial charge in [0.1, 0.15) is 17.0 Å². The molecule has 0 radical (unpaired) electrons. The van der Waals surface area contributed by atoms with E-state index in [4.69, 9.17) is 20.8 Å². The third-order valence-corrected chi connectivity index (χ3v) is 5.62. The minimum absolute atomic E-state index is 0.00871. The molecule has 0 atom stereocenters. The molecule has 2 amide bonds. The van der Waals surface area contributed by atoms with Gasteiger partial charge in [0.2, 0.25) is 5.76 Å². The van der Waals surface area contributed by atoms with E-state index in [-0.39, 0.29) is 22.2 Å². The summed E-state index contributed by atoms with van der Waals surface area (Å²) in [5.41, 5.74) is 1.22. The molecule has 4 rings (SSSR count). The first kappa shape index (κ1) is 22.6. The fraction of sp³-hybridized carbons (Fsp3) is 0.130. The number of hydrogen-bond donors (Lipinski definition) is 2. The molecular formula is C23H19ClN4O4S. The van der Waals surface area contributed by atoms with Gasteiger partial charge >= 0.3 is 0 Å². The number of benzene rings is 2. The SMILES string of the molecule is CCSc1ncc(Cl)c(C(=O)Nc2c(C(=O)Nc3ccc(OC)cc3)oc3ccccc23)n1. The molecule has 168 valence electrons. The molecule has 0 aliphatic rings. The monoisotopic (exact) mass is 482 g/mol. The predicted molar refractivity (Wildman–Crippen MR) is 129 cm³/mol. The van der Waals surface area contributed by atoms with Crippen molar-refractivity contribution in [1.82, 2.24) is 9.97 Å². The molecular weight excluding hydrogens is 464 g/mol. The summed E-state index contributed by atoms with van der Waals surface area (Å²) in [7, 11) is 1.56. The van der Waals surface area contributed by atoms with E-state index in [1.807, 2.05) is 6.92 Å². The molecule has 0 aliphatic heterocycles. The quantitative estimate of drug-likeness (QED) is 0.264. The third kappa shape index (κ3) is 4.94. The molecule has 33 heavy (non-hydrogen) atoms. The van der Waals surface area contributed by atoms with E-state index in [1.165, 1.54) is 18.0 Å². The predicted octanol–water partition coefficient (Wildman–Crippen LogP) is 5.50. The van der Waals surface area contributed by atoms with Crippen molar-refractivity contribution in [2.24, 2.45) is 0 Å². The Labute approximate surface area is 198 Å². The number of carbonyl (C=O) groups is 2. The average molecular weight is 483 g/mol. The van der Waals surface area contributed by atoms with Gasteiger partial charge in [-0.3, -0.25) is 9.59 Å². The van der Waals surface area contributed by atoms with E-state index < -0.39 is 11.8 Å². The van der Waals surface area contributed by atoms with Crippen molar-refractivity contribution in [2.75, 3.05) is 23.5 Å². The van der Waals surface area contributed by atoms with Crippen molar-refractivity contribution >= 4 is 57.5 Å². The number of nitrogens with zero attached hydrogens (tertiary/aromatic N) is 2. The van der Waals surface area contributed by atoms with Gasteiger partial charge in [-0.15, -0.1) is 0 Å². The van der Waals surface area contributed by atoms with Crippen LogP contribution in [0.1, 0.15) is 28.0 Å². The first-order chi connectivity index (χ1) is 16.0. The van der Waals surface area contributed by atoms with Crippen LogP contribution >= 0.6 is 23.4 Å². The topological polar surface area (TPSA) is 106 Å². The molecule has 4 aromatic rings. The Morgan fingerprint density at radius 3 is 2.58 bits per heavy atom. The molecule has 0 bridgehead atoms. The Morgan fingerprint density at radius 2 is 1.85 bits per heavy atom. The van der Waals surface area contributed by atoms with Gasteiger partial charge in [-0.05, 0) is 42.2 Å². The van der Waals surface area contributed by atoms with Crippen LogP contribution in [0.5, 0.6) is 5.75 Å². The number of para-hydroxylation sites is 1. The number of fused-ring (bicyclic) bond motifs is 1. The lowest BCUT2D eigenvalue weighted by molar-refractivity contribution is 0.0999. The summed E-state index contributed by atoms with van der Waals surface area (Å²) in [5, 5.41) is 6.62. The Balaban J connectivity index is 1.67. The zero-order chi connectivity index (χ0) is 23.4. The van der Waals surface area contributed by atoms with Gasteiger partial charge in [-0.1, -0.05) is 42.4 Å². The van der Waals surface area contributed by atoms with Crippen molar-refractivity contribution in [1.29, 1.82) is 0 Å². The normalized spacial score (nSPS) is 10.8. The van der Waals surface area contributed by atoms with Gasteiger partial charge in [0.25, 0.3) is 11.8 Å². The van der Waals surface area contributed by atoms with Gasteiger partial charge in [-0.25, -0.2) is 9.97 Å². The van der Waals surface area contributed by atoms with Crippen LogP contribution in [-0.4, -0.2) is 34.6 Å². The number of anilines is 2. The molecule has 0 saturated heterocycles. The molecule has 2 N–H and O–H groups in total. The van der Waals surface area contributed by atoms with Crippen LogP contribution in [0.2, 0.25) is 5.02 Å². The summed E-state index contributed by atoms with van der Waals surface area (Å²) in [6.07, 6.45) is 1.38. The third-order valence-electron chi connectivity index (χ3n) is 4.60. The van der Waals surface area contributed by atoms with Crippen LogP contribution in [0.3, 0.4) is 0 Å². The summed E-state index contributed by atoms with van der Waals surface area (Å²) in [4.78, 5) is 34.5. The lowest BCUT2D eigenvalue weighted by Crippen LogP contribution is -2.18. The standard InChI is InChI=1S/C23H19ClN4O4S/c1-3-33-23-25-12-16(24)19(28-23)21(29)27-18-15-6-4-5-7-17(15)32-20(18)22(30)26-13-8-10-14(31-2)11-9-13/h4-12H,3H2,1-2H3,(H,26,30)(H,27,29). The van der Waals surface area contributed by atoms with Crippen molar-refractivity contribution in [3.05, 3.63) is 71.2 Å². The van der Waals surface area contributed by atoms with Crippen LogP contribution in [0, 0.1) is 0 Å². The summed E-state index contributed by atoms with van der Waals surface area (Å²) < 4.78 is 10.9. The van der Waals surface area contributed by atoms with Crippen LogP contribution < -0.4 is 15.4 Å². The number of rotatable bonds is 7. The van der Waals surface area contributed by atoms with E-state index in [0.29, 0.717) is 27.6 Å². The number of halogens is 1. The number of furan rings is 1. The largest absolute Gasteiger partial charge is 0.497 e. The van der Waals surface area contributed by atoms with Crippen LogP contribution in [0.15, 0.2) is 64.3 Å². The second-order valence-electron chi connectivity index (χ2n) is 6.72. The molecule has 2 heterocycles. The van der Waals surface area contributed by atoms with Gasteiger partial charge in [0.05, 0.1) is 18.3 Å². The zero-order valence-corrected chi connectivity index (χ0v) is 19.3. The fourth-order valence-corrected chi connectivity index (χ4v) is 3.79. The lowest BCUT2D eigenvalue weighted by atomic mass is 10.2. The van der Waals surface area contributed by atoms with E-state index in [0.717, 1.165) is 5.75 Å². The highest BCUT2D eigenvalue weighted by molar-refractivity contribution is 7.99. The number of methoxy groups -OCH3 is 1. The molecule has 2 aromatic heterocycles. The molecule has 0 saturated carbocycles. The summed E-state index contributed by atoms with van der Waals surface area (Å²) in [5.74, 6) is 0.249. The number of thioether (sulfide) groups is 1. The van der Waals surface area contributed by atoms with Crippen LogP contribution in [-0.2, 0) is 0 Å². The van der Waals surface area contributed by atoms with Crippen molar-refractivity contribution in [3.63, 3.8) is 0 Å². The van der Waals surface area contributed by atoms with E-state index >= 15 is 0 Å². The second-order valence-corrected chi connectivity index (χ2v) is 8.36. The summed E-state index contributed by atoms with van der Waals surface area (Å²) in [6, 6.07) is 13.9.